The molecule has 16 heavy (non-hydrogen) atoms. The SMILES string of the molecule is CCOCC(N)CCCc1cccc(F)c1. The van der Waals surface area contributed by atoms with Crippen molar-refractivity contribution in [2.24, 2.45) is 5.73 Å². The normalized spacial score (nSPS) is 12.7. The van der Waals surface area contributed by atoms with Gasteiger partial charge in [-0.05, 0) is 43.9 Å². The van der Waals surface area contributed by atoms with E-state index < -0.39 is 0 Å². The van der Waals surface area contributed by atoms with Gasteiger partial charge in [-0.3, -0.25) is 0 Å². The highest BCUT2D eigenvalue weighted by Crippen LogP contribution is 2.08. The van der Waals surface area contributed by atoms with Crippen LogP contribution in [0.25, 0.3) is 0 Å². The molecule has 1 rings (SSSR count). The number of halogens is 1. The molecule has 90 valence electrons. The van der Waals surface area contributed by atoms with Gasteiger partial charge in [-0.25, -0.2) is 4.39 Å². The molecule has 0 aliphatic heterocycles. The lowest BCUT2D eigenvalue weighted by Gasteiger charge is -2.10. The van der Waals surface area contributed by atoms with E-state index in [9.17, 15) is 4.39 Å². The van der Waals surface area contributed by atoms with Gasteiger partial charge < -0.3 is 10.5 Å². The molecule has 1 aromatic carbocycles. The van der Waals surface area contributed by atoms with Crippen LogP contribution in [0.3, 0.4) is 0 Å². The molecule has 0 aromatic heterocycles. The quantitative estimate of drug-likeness (QED) is 0.774. The Morgan fingerprint density at radius 1 is 1.44 bits per heavy atom. The first-order valence-electron chi connectivity index (χ1n) is 5.80. The van der Waals surface area contributed by atoms with Crippen LogP contribution in [-0.4, -0.2) is 19.3 Å². The smallest absolute Gasteiger partial charge is 0.123 e. The topological polar surface area (TPSA) is 35.2 Å². The second-order valence-electron chi connectivity index (χ2n) is 3.94. The number of rotatable bonds is 7. The predicted molar refractivity (Wildman–Crippen MR) is 63.8 cm³/mol. The van der Waals surface area contributed by atoms with Crippen LogP contribution in [0.2, 0.25) is 0 Å². The molecular weight excluding hydrogens is 205 g/mol. The molecule has 0 saturated heterocycles. The molecule has 1 unspecified atom stereocenters. The molecule has 0 aliphatic rings. The van der Waals surface area contributed by atoms with Crippen molar-refractivity contribution in [2.45, 2.75) is 32.2 Å². The average Bonchev–Trinajstić information content (AvgIpc) is 2.26. The predicted octanol–water partition coefficient (Wildman–Crippen LogP) is 2.51. The molecule has 0 heterocycles. The standard InChI is InChI=1S/C13H20FNO/c1-2-16-10-13(15)8-4-6-11-5-3-7-12(14)9-11/h3,5,7,9,13H,2,4,6,8,10,15H2,1H3. The molecule has 0 fully saturated rings. The molecule has 1 atom stereocenters. The van der Waals surface area contributed by atoms with Gasteiger partial charge in [0, 0.05) is 12.6 Å². The van der Waals surface area contributed by atoms with E-state index >= 15 is 0 Å². The van der Waals surface area contributed by atoms with Gasteiger partial charge in [0.2, 0.25) is 0 Å². The highest BCUT2D eigenvalue weighted by molar-refractivity contribution is 5.16. The van der Waals surface area contributed by atoms with Crippen molar-refractivity contribution in [3.63, 3.8) is 0 Å². The second-order valence-corrected chi connectivity index (χ2v) is 3.94. The van der Waals surface area contributed by atoms with E-state index in [-0.39, 0.29) is 11.9 Å². The molecule has 0 amide bonds. The zero-order valence-corrected chi connectivity index (χ0v) is 9.79. The van der Waals surface area contributed by atoms with Gasteiger partial charge in [-0.1, -0.05) is 12.1 Å². The van der Waals surface area contributed by atoms with Crippen molar-refractivity contribution in [3.8, 4) is 0 Å². The molecule has 1 aromatic rings. The summed E-state index contributed by atoms with van der Waals surface area (Å²) in [5, 5.41) is 0. The van der Waals surface area contributed by atoms with Crippen molar-refractivity contribution < 1.29 is 9.13 Å². The lowest BCUT2D eigenvalue weighted by Crippen LogP contribution is -2.26. The van der Waals surface area contributed by atoms with Gasteiger partial charge >= 0.3 is 0 Å². The monoisotopic (exact) mass is 225 g/mol. The minimum atomic E-state index is -0.170. The van der Waals surface area contributed by atoms with Crippen LogP contribution in [0.5, 0.6) is 0 Å². The Kier molecular flexibility index (Phi) is 6.04. The van der Waals surface area contributed by atoms with Crippen molar-refractivity contribution >= 4 is 0 Å². The Bertz CT molecular complexity index is 304. The highest BCUT2D eigenvalue weighted by atomic mass is 19.1. The van der Waals surface area contributed by atoms with Crippen LogP contribution in [0.4, 0.5) is 4.39 Å². The van der Waals surface area contributed by atoms with Gasteiger partial charge in [0.05, 0.1) is 6.61 Å². The van der Waals surface area contributed by atoms with Crippen molar-refractivity contribution in [1.29, 1.82) is 0 Å². The van der Waals surface area contributed by atoms with E-state index in [0.29, 0.717) is 13.2 Å². The third-order valence-electron chi connectivity index (χ3n) is 2.47. The Hall–Kier alpha value is -0.930. The maximum absolute atomic E-state index is 12.9. The summed E-state index contributed by atoms with van der Waals surface area (Å²) in [6.07, 6.45) is 2.76. The molecule has 0 bridgehead atoms. The van der Waals surface area contributed by atoms with E-state index in [1.54, 1.807) is 12.1 Å². The Morgan fingerprint density at radius 3 is 2.94 bits per heavy atom. The maximum atomic E-state index is 12.9. The first kappa shape index (κ1) is 13.1. The van der Waals surface area contributed by atoms with Crippen LogP contribution in [0.15, 0.2) is 24.3 Å². The summed E-state index contributed by atoms with van der Waals surface area (Å²) >= 11 is 0. The number of nitrogens with two attached hydrogens (primary N) is 1. The number of benzene rings is 1. The summed E-state index contributed by atoms with van der Waals surface area (Å²) in [7, 11) is 0. The van der Waals surface area contributed by atoms with E-state index in [4.69, 9.17) is 10.5 Å². The summed E-state index contributed by atoms with van der Waals surface area (Å²) < 4.78 is 18.1. The van der Waals surface area contributed by atoms with E-state index in [1.807, 2.05) is 13.0 Å². The largest absolute Gasteiger partial charge is 0.380 e. The van der Waals surface area contributed by atoms with Crippen LogP contribution in [-0.2, 0) is 11.2 Å². The van der Waals surface area contributed by atoms with Gasteiger partial charge in [0.15, 0.2) is 0 Å². The van der Waals surface area contributed by atoms with Crippen molar-refractivity contribution in [2.75, 3.05) is 13.2 Å². The van der Waals surface area contributed by atoms with Crippen molar-refractivity contribution in [1.82, 2.24) is 0 Å². The third-order valence-corrected chi connectivity index (χ3v) is 2.47. The van der Waals surface area contributed by atoms with E-state index in [0.717, 1.165) is 24.8 Å². The second kappa shape index (κ2) is 7.36. The van der Waals surface area contributed by atoms with E-state index in [1.165, 1.54) is 6.07 Å². The maximum Gasteiger partial charge on any atom is 0.123 e. The molecule has 0 saturated carbocycles. The van der Waals surface area contributed by atoms with Crippen LogP contribution >= 0.6 is 0 Å². The van der Waals surface area contributed by atoms with Crippen LogP contribution in [0, 0.1) is 5.82 Å². The van der Waals surface area contributed by atoms with Crippen LogP contribution < -0.4 is 5.73 Å². The van der Waals surface area contributed by atoms with Gasteiger partial charge in [-0.15, -0.1) is 0 Å². The number of hydrogen-bond acceptors (Lipinski definition) is 2. The summed E-state index contributed by atoms with van der Waals surface area (Å²) in [5.74, 6) is -0.170. The zero-order valence-electron chi connectivity index (χ0n) is 9.79. The number of ether oxygens (including phenoxy) is 1. The Morgan fingerprint density at radius 2 is 2.25 bits per heavy atom. The molecule has 2 N–H and O–H groups in total. The summed E-state index contributed by atoms with van der Waals surface area (Å²) in [5.41, 5.74) is 6.89. The first-order chi connectivity index (χ1) is 7.72. The molecular formula is C13H20FNO. The summed E-state index contributed by atoms with van der Waals surface area (Å²) in [6, 6.07) is 6.81. The van der Waals surface area contributed by atoms with E-state index in [2.05, 4.69) is 0 Å². The van der Waals surface area contributed by atoms with Gasteiger partial charge in [0.1, 0.15) is 5.82 Å². The lowest BCUT2D eigenvalue weighted by molar-refractivity contribution is 0.130. The molecule has 3 heteroatoms. The lowest BCUT2D eigenvalue weighted by atomic mass is 10.1. The molecule has 0 spiro atoms. The fraction of sp³-hybridized carbons (Fsp3) is 0.538. The van der Waals surface area contributed by atoms with Crippen LogP contribution in [0.1, 0.15) is 25.3 Å². The minimum absolute atomic E-state index is 0.0912. The molecule has 0 radical (unpaired) electrons. The van der Waals surface area contributed by atoms with Gasteiger partial charge in [0.25, 0.3) is 0 Å². The van der Waals surface area contributed by atoms with Crippen molar-refractivity contribution in [3.05, 3.63) is 35.6 Å². The third kappa shape index (κ3) is 5.24. The molecule has 0 aliphatic carbocycles. The first-order valence-corrected chi connectivity index (χ1v) is 5.80. The number of hydrogen-bond donors (Lipinski definition) is 1. The highest BCUT2D eigenvalue weighted by Gasteiger charge is 2.02. The molecule has 2 nitrogen and oxygen atoms in total. The Balaban J connectivity index is 2.20. The van der Waals surface area contributed by atoms with Gasteiger partial charge in [-0.2, -0.15) is 0 Å². The average molecular weight is 225 g/mol. The fourth-order valence-electron chi connectivity index (χ4n) is 1.61. The summed E-state index contributed by atoms with van der Waals surface area (Å²) in [4.78, 5) is 0. The number of aryl methyl sites for hydroxylation is 1. The fourth-order valence-corrected chi connectivity index (χ4v) is 1.61. The Labute approximate surface area is 96.6 Å². The zero-order chi connectivity index (χ0) is 11.8. The summed E-state index contributed by atoms with van der Waals surface area (Å²) in [6.45, 7) is 3.27. The minimum Gasteiger partial charge on any atom is -0.380 e.